The van der Waals surface area contributed by atoms with E-state index in [1.54, 1.807) is 30.3 Å². The molecule has 2 N–H and O–H groups in total. The van der Waals surface area contributed by atoms with Gasteiger partial charge in [-0.3, -0.25) is 9.59 Å². The molecule has 0 aliphatic carbocycles. The van der Waals surface area contributed by atoms with Gasteiger partial charge in [0, 0.05) is 11.3 Å². The van der Waals surface area contributed by atoms with Crippen molar-refractivity contribution in [3.8, 4) is 0 Å². The summed E-state index contributed by atoms with van der Waals surface area (Å²) in [5, 5.41) is 7.75. The summed E-state index contributed by atoms with van der Waals surface area (Å²) in [6.45, 7) is 2.00. The molecule has 0 fully saturated rings. The molecule has 0 aliphatic heterocycles. The lowest BCUT2D eigenvalue weighted by Crippen LogP contribution is -2.46. The number of carbonyl (C=O) groups excluding carboxylic acids is 2. The normalized spacial score (nSPS) is 11.6. The molecule has 0 radical (unpaired) electrons. The molecular weight excluding hydrogens is 332 g/mol. The van der Waals surface area contributed by atoms with Gasteiger partial charge in [0.1, 0.15) is 0 Å². The zero-order valence-corrected chi connectivity index (χ0v) is 14.5. The minimum Gasteiger partial charge on any atom is -0.359 e. The summed E-state index contributed by atoms with van der Waals surface area (Å²) in [6, 6.07) is 20.1. The van der Waals surface area contributed by atoms with Gasteiger partial charge in [-0.15, -0.1) is 11.3 Å². The van der Waals surface area contributed by atoms with E-state index in [4.69, 9.17) is 0 Å². The number of nitrogens with one attached hydrogen (secondary N) is 2. The number of carbonyl (C=O) groups is 2. The van der Waals surface area contributed by atoms with Gasteiger partial charge in [0.25, 0.3) is 5.91 Å². The Labute approximate surface area is 150 Å². The molecule has 25 heavy (non-hydrogen) atoms. The maximum Gasteiger partial charge on any atom is 0.253 e. The van der Waals surface area contributed by atoms with E-state index in [9.17, 15) is 9.59 Å². The van der Waals surface area contributed by atoms with E-state index in [1.165, 1.54) is 11.3 Å². The van der Waals surface area contributed by atoms with Gasteiger partial charge in [0.05, 0.1) is 4.88 Å². The zero-order valence-electron chi connectivity index (χ0n) is 13.7. The Kier molecular flexibility index (Phi) is 5.26. The summed E-state index contributed by atoms with van der Waals surface area (Å²) in [4.78, 5) is 25.8. The standard InChI is InChI=1S/C20H18N2O2S/c1-14-9-11-16(12-10-14)21-19(18(23)17-8-5-13-25-17)22-20(24)15-6-3-2-4-7-15/h2-13,19,21H,1H3,(H,22,24)/t19-/m1/s1. The Morgan fingerprint density at radius 1 is 0.920 bits per heavy atom. The highest BCUT2D eigenvalue weighted by Crippen LogP contribution is 2.15. The van der Waals surface area contributed by atoms with Crippen molar-refractivity contribution >= 4 is 28.7 Å². The van der Waals surface area contributed by atoms with Gasteiger partial charge in [-0.05, 0) is 42.6 Å². The number of hydrogen-bond donors (Lipinski definition) is 2. The van der Waals surface area contributed by atoms with Gasteiger partial charge in [0.2, 0.25) is 5.78 Å². The van der Waals surface area contributed by atoms with Gasteiger partial charge < -0.3 is 10.6 Å². The Balaban J connectivity index is 1.82. The van der Waals surface area contributed by atoms with E-state index >= 15 is 0 Å². The summed E-state index contributed by atoms with van der Waals surface area (Å²) in [5.41, 5.74) is 2.41. The Hall–Kier alpha value is -2.92. The van der Waals surface area contributed by atoms with Crippen LogP contribution in [-0.2, 0) is 0 Å². The molecule has 4 nitrogen and oxygen atoms in total. The molecule has 1 aromatic heterocycles. The van der Waals surface area contributed by atoms with Crippen molar-refractivity contribution in [3.05, 3.63) is 88.1 Å². The van der Waals surface area contributed by atoms with Crippen LogP contribution in [0.1, 0.15) is 25.6 Å². The average molecular weight is 350 g/mol. The van der Waals surface area contributed by atoms with Crippen molar-refractivity contribution < 1.29 is 9.59 Å². The fraction of sp³-hybridized carbons (Fsp3) is 0.100. The zero-order chi connectivity index (χ0) is 17.6. The van der Waals surface area contributed by atoms with E-state index in [0.29, 0.717) is 10.4 Å². The second-order valence-corrected chi connectivity index (χ2v) is 6.57. The lowest BCUT2D eigenvalue weighted by Gasteiger charge is -2.20. The van der Waals surface area contributed by atoms with Crippen LogP contribution < -0.4 is 10.6 Å². The van der Waals surface area contributed by atoms with E-state index in [1.807, 2.05) is 48.7 Å². The Morgan fingerprint density at radius 3 is 2.28 bits per heavy atom. The van der Waals surface area contributed by atoms with Crippen LogP contribution >= 0.6 is 11.3 Å². The summed E-state index contributed by atoms with van der Waals surface area (Å²) >= 11 is 1.35. The number of aryl methyl sites for hydroxylation is 1. The third kappa shape index (κ3) is 4.33. The van der Waals surface area contributed by atoms with Gasteiger partial charge >= 0.3 is 0 Å². The lowest BCUT2D eigenvalue weighted by molar-refractivity contribution is 0.0871. The third-order valence-corrected chi connectivity index (χ3v) is 4.58. The topological polar surface area (TPSA) is 58.2 Å². The molecule has 3 aromatic rings. The molecule has 126 valence electrons. The highest BCUT2D eigenvalue weighted by Gasteiger charge is 2.23. The summed E-state index contributed by atoms with van der Waals surface area (Å²) in [7, 11) is 0. The number of hydrogen-bond acceptors (Lipinski definition) is 4. The van der Waals surface area contributed by atoms with Crippen LogP contribution in [0.3, 0.4) is 0 Å². The molecule has 1 heterocycles. The van der Waals surface area contributed by atoms with Crippen LogP contribution in [0.15, 0.2) is 72.1 Å². The first kappa shape index (κ1) is 16.9. The van der Waals surface area contributed by atoms with E-state index in [-0.39, 0.29) is 11.7 Å². The number of anilines is 1. The predicted molar refractivity (Wildman–Crippen MR) is 101 cm³/mol. The molecular formula is C20H18N2O2S. The molecule has 3 rings (SSSR count). The largest absolute Gasteiger partial charge is 0.359 e. The molecule has 0 saturated heterocycles. The maximum atomic E-state index is 12.8. The number of Topliss-reactive ketones (excluding diaryl/α,β-unsaturated/α-hetero) is 1. The van der Waals surface area contributed by atoms with Gasteiger partial charge in [0.15, 0.2) is 6.17 Å². The Bertz CT molecular complexity index is 843. The molecule has 1 atom stereocenters. The minimum atomic E-state index is -0.839. The number of amides is 1. The second kappa shape index (κ2) is 7.77. The number of benzene rings is 2. The lowest BCUT2D eigenvalue weighted by atomic mass is 10.1. The van der Waals surface area contributed by atoms with Crippen LogP contribution in [0.25, 0.3) is 0 Å². The molecule has 0 aliphatic rings. The molecule has 0 spiro atoms. The van der Waals surface area contributed by atoms with Gasteiger partial charge in [-0.25, -0.2) is 0 Å². The van der Waals surface area contributed by atoms with Crippen molar-refractivity contribution in [1.29, 1.82) is 0 Å². The molecule has 0 unspecified atom stereocenters. The molecule has 0 bridgehead atoms. The monoisotopic (exact) mass is 350 g/mol. The first-order valence-corrected chi connectivity index (χ1v) is 8.78. The smallest absolute Gasteiger partial charge is 0.253 e. The van der Waals surface area contributed by atoms with E-state index in [0.717, 1.165) is 11.3 Å². The highest BCUT2D eigenvalue weighted by atomic mass is 32.1. The third-order valence-electron chi connectivity index (χ3n) is 3.70. The minimum absolute atomic E-state index is 0.167. The summed E-state index contributed by atoms with van der Waals surface area (Å²) in [5.74, 6) is -0.463. The SMILES string of the molecule is Cc1ccc(N[C@H](NC(=O)c2ccccc2)C(=O)c2cccs2)cc1. The van der Waals surface area contributed by atoms with Crippen LogP contribution in [0, 0.1) is 6.92 Å². The average Bonchev–Trinajstić information content (AvgIpc) is 3.17. The highest BCUT2D eigenvalue weighted by molar-refractivity contribution is 7.12. The van der Waals surface area contributed by atoms with E-state index in [2.05, 4.69) is 10.6 Å². The maximum absolute atomic E-state index is 12.8. The Morgan fingerprint density at radius 2 is 1.64 bits per heavy atom. The fourth-order valence-corrected chi connectivity index (χ4v) is 3.04. The first-order chi connectivity index (χ1) is 12.1. The van der Waals surface area contributed by atoms with Crippen molar-refractivity contribution in [1.82, 2.24) is 5.32 Å². The molecule has 1 amide bonds. The fourth-order valence-electron chi connectivity index (χ4n) is 2.35. The van der Waals surface area contributed by atoms with Crippen molar-refractivity contribution in [3.63, 3.8) is 0 Å². The number of rotatable bonds is 6. The van der Waals surface area contributed by atoms with Crippen molar-refractivity contribution in [2.24, 2.45) is 0 Å². The van der Waals surface area contributed by atoms with E-state index < -0.39 is 6.17 Å². The first-order valence-electron chi connectivity index (χ1n) is 7.90. The molecule has 0 saturated carbocycles. The molecule has 5 heteroatoms. The molecule has 2 aromatic carbocycles. The summed E-state index contributed by atoms with van der Waals surface area (Å²) in [6.07, 6.45) is -0.839. The van der Waals surface area contributed by atoms with Crippen LogP contribution in [0.5, 0.6) is 0 Å². The van der Waals surface area contributed by atoms with Crippen LogP contribution in [-0.4, -0.2) is 17.9 Å². The van der Waals surface area contributed by atoms with Crippen molar-refractivity contribution in [2.75, 3.05) is 5.32 Å². The second-order valence-electron chi connectivity index (χ2n) is 5.62. The van der Waals surface area contributed by atoms with Gasteiger partial charge in [-0.2, -0.15) is 0 Å². The summed E-state index contributed by atoms with van der Waals surface area (Å²) < 4.78 is 0. The van der Waals surface area contributed by atoms with Crippen LogP contribution in [0.2, 0.25) is 0 Å². The quantitative estimate of drug-likeness (QED) is 0.520. The number of ketones is 1. The van der Waals surface area contributed by atoms with Crippen LogP contribution in [0.4, 0.5) is 5.69 Å². The predicted octanol–water partition coefficient (Wildman–Crippen LogP) is 4.11. The van der Waals surface area contributed by atoms with Crippen molar-refractivity contribution in [2.45, 2.75) is 13.1 Å². The van der Waals surface area contributed by atoms with Gasteiger partial charge in [-0.1, -0.05) is 42.0 Å². The number of thiophene rings is 1.